The second-order valence-corrected chi connectivity index (χ2v) is 19.3. The van der Waals surface area contributed by atoms with Gasteiger partial charge >= 0.3 is 0 Å². The van der Waals surface area contributed by atoms with Crippen molar-refractivity contribution in [2.75, 3.05) is 13.2 Å². The third kappa shape index (κ3) is 37.5. The van der Waals surface area contributed by atoms with Gasteiger partial charge in [-0.1, -0.05) is 234 Å². The van der Waals surface area contributed by atoms with Crippen molar-refractivity contribution in [2.24, 2.45) is 0 Å². The van der Waals surface area contributed by atoms with Gasteiger partial charge in [0.25, 0.3) is 0 Å². The van der Waals surface area contributed by atoms with Crippen LogP contribution in [0, 0.1) is 0 Å². The van der Waals surface area contributed by atoms with Crippen LogP contribution in [-0.4, -0.2) is 87.5 Å². The lowest BCUT2D eigenvalue weighted by Crippen LogP contribution is -2.60. The van der Waals surface area contributed by atoms with Gasteiger partial charge in [-0.05, 0) is 70.6 Å². The zero-order valence-corrected chi connectivity index (χ0v) is 43.6. The highest BCUT2D eigenvalue weighted by Crippen LogP contribution is 2.23. The van der Waals surface area contributed by atoms with E-state index < -0.39 is 49.5 Å². The van der Waals surface area contributed by atoms with E-state index in [4.69, 9.17) is 9.47 Å². The number of unbranched alkanes of at least 4 members (excludes halogenated alkanes) is 27. The number of rotatable bonds is 47. The fraction of sp³-hybridized carbons (Fsp3) is 0.780. The summed E-state index contributed by atoms with van der Waals surface area (Å²) in [6.45, 7) is 3.66. The fourth-order valence-corrected chi connectivity index (χ4v) is 8.58. The second kappa shape index (κ2) is 48.3. The van der Waals surface area contributed by atoms with Gasteiger partial charge in [0.05, 0.1) is 25.4 Å². The number of hydrogen-bond donors (Lipinski definition) is 6. The Balaban J connectivity index is 2.28. The molecule has 0 radical (unpaired) electrons. The van der Waals surface area contributed by atoms with Crippen LogP contribution in [0.1, 0.15) is 239 Å². The molecule has 0 aromatic carbocycles. The molecule has 1 fully saturated rings. The molecule has 1 rings (SSSR count). The number of allylic oxidation sites excluding steroid dienone is 11. The predicted octanol–water partition coefficient (Wildman–Crippen LogP) is 13.7. The molecule has 0 saturated carbocycles. The minimum atomic E-state index is -1.58. The van der Waals surface area contributed by atoms with Gasteiger partial charge in [0.1, 0.15) is 24.4 Å². The third-order valence-electron chi connectivity index (χ3n) is 13.0. The van der Waals surface area contributed by atoms with E-state index in [1.807, 2.05) is 6.08 Å². The van der Waals surface area contributed by atoms with Crippen molar-refractivity contribution < 1.29 is 39.8 Å². The van der Waals surface area contributed by atoms with Crippen LogP contribution in [0.15, 0.2) is 72.9 Å². The maximum absolute atomic E-state index is 13.0. The maximum atomic E-state index is 13.0. The summed E-state index contributed by atoms with van der Waals surface area (Å²) >= 11 is 0. The Labute approximate surface area is 417 Å². The second-order valence-electron chi connectivity index (χ2n) is 19.3. The van der Waals surface area contributed by atoms with Crippen LogP contribution in [0.25, 0.3) is 0 Å². The van der Waals surface area contributed by atoms with Gasteiger partial charge in [-0.25, -0.2) is 0 Å². The Morgan fingerprint density at radius 1 is 0.515 bits per heavy atom. The standard InChI is InChI=1S/C59H105NO8/c1-3-5-7-9-11-13-15-17-19-21-23-25-26-27-29-30-32-34-36-38-40-42-44-46-48-53(62)52(51-67-59-58(66)57(65)56(64)54(50-61)68-59)60-55(63)49-47-45-43-41-39-37-35-33-31-28-24-22-20-18-16-14-12-10-8-6-4-2/h6,8,12,14,18,20,24,28,38,40,46,48,52-54,56-59,61-62,64-66H,3-5,7,9-11,13,15-17,19,21-23,25-27,29-37,39,41-45,47,49-51H2,1-2H3,(H,60,63)/b8-6-,14-12-,20-18-,28-24-,40-38+,48-46+. The Kier molecular flexibility index (Phi) is 45.2. The van der Waals surface area contributed by atoms with E-state index in [1.165, 1.54) is 141 Å². The highest BCUT2D eigenvalue weighted by molar-refractivity contribution is 5.76. The summed E-state index contributed by atoms with van der Waals surface area (Å²) in [6.07, 6.45) is 59.6. The summed E-state index contributed by atoms with van der Waals surface area (Å²) in [6, 6.07) is -0.831. The van der Waals surface area contributed by atoms with Crippen LogP contribution < -0.4 is 5.32 Å². The van der Waals surface area contributed by atoms with E-state index in [1.54, 1.807) is 6.08 Å². The van der Waals surface area contributed by atoms with Crippen LogP contribution in [-0.2, 0) is 14.3 Å². The van der Waals surface area contributed by atoms with Crippen molar-refractivity contribution in [3.8, 4) is 0 Å². The SMILES string of the molecule is CC/C=C\C/C=C\C/C=C\C/C=C\CCCCCCCCCCC(=O)NC(COC1OC(CO)C(O)C(O)C1O)C(O)/C=C/CC/C=C/CCCCCCCCCCCCCCCCCCCC. The molecule has 0 spiro atoms. The number of aliphatic hydroxyl groups is 5. The third-order valence-corrected chi connectivity index (χ3v) is 13.0. The number of ether oxygens (including phenoxy) is 2. The molecule has 1 aliphatic rings. The van der Waals surface area contributed by atoms with Gasteiger partial charge in [-0.15, -0.1) is 0 Å². The summed E-state index contributed by atoms with van der Waals surface area (Å²) in [5.41, 5.74) is 0. The minimum absolute atomic E-state index is 0.196. The van der Waals surface area contributed by atoms with Gasteiger partial charge in [-0.2, -0.15) is 0 Å². The Morgan fingerprint density at radius 3 is 1.41 bits per heavy atom. The van der Waals surface area contributed by atoms with Crippen molar-refractivity contribution in [3.05, 3.63) is 72.9 Å². The first-order chi connectivity index (χ1) is 33.3. The van der Waals surface area contributed by atoms with Crippen LogP contribution in [0.2, 0.25) is 0 Å². The molecular weight excluding hydrogens is 851 g/mol. The van der Waals surface area contributed by atoms with Crippen molar-refractivity contribution in [2.45, 2.75) is 281 Å². The largest absolute Gasteiger partial charge is 0.394 e. The fourth-order valence-electron chi connectivity index (χ4n) is 8.58. The molecule has 1 amide bonds. The molecular formula is C59H105NO8. The molecule has 9 heteroatoms. The summed E-state index contributed by atoms with van der Waals surface area (Å²) in [7, 11) is 0. The summed E-state index contributed by atoms with van der Waals surface area (Å²) < 4.78 is 11.2. The molecule has 0 bridgehead atoms. The van der Waals surface area contributed by atoms with Crippen molar-refractivity contribution >= 4 is 5.91 Å². The van der Waals surface area contributed by atoms with Gasteiger partial charge in [0.15, 0.2) is 6.29 Å². The number of nitrogens with one attached hydrogen (secondary N) is 1. The molecule has 7 unspecified atom stereocenters. The van der Waals surface area contributed by atoms with Crippen LogP contribution in [0.5, 0.6) is 0 Å². The first kappa shape index (κ1) is 63.6. The van der Waals surface area contributed by atoms with E-state index in [0.717, 1.165) is 77.0 Å². The zero-order chi connectivity index (χ0) is 49.4. The Hall–Kier alpha value is -2.37. The molecule has 0 aromatic heterocycles. The quantitative estimate of drug-likeness (QED) is 0.0261. The average Bonchev–Trinajstić information content (AvgIpc) is 3.34. The number of hydrogen-bond acceptors (Lipinski definition) is 8. The van der Waals surface area contributed by atoms with Gasteiger partial charge in [-0.3, -0.25) is 4.79 Å². The monoisotopic (exact) mass is 956 g/mol. The molecule has 0 aromatic rings. The van der Waals surface area contributed by atoms with E-state index in [9.17, 15) is 30.3 Å². The summed E-state index contributed by atoms with van der Waals surface area (Å²) in [4.78, 5) is 13.0. The summed E-state index contributed by atoms with van der Waals surface area (Å²) in [5, 5.41) is 54.5. The number of amides is 1. The van der Waals surface area contributed by atoms with Crippen LogP contribution in [0.3, 0.4) is 0 Å². The van der Waals surface area contributed by atoms with Crippen molar-refractivity contribution in [3.63, 3.8) is 0 Å². The van der Waals surface area contributed by atoms with Crippen LogP contribution in [0.4, 0.5) is 0 Å². The van der Waals surface area contributed by atoms with Gasteiger partial charge < -0.3 is 40.3 Å². The highest BCUT2D eigenvalue weighted by Gasteiger charge is 2.44. The lowest BCUT2D eigenvalue weighted by atomic mass is 9.99. The Bertz CT molecular complexity index is 1290. The van der Waals surface area contributed by atoms with Gasteiger partial charge in [0.2, 0.25) is 5.91 Å². The highest BCUT2D eigenvalue weighted by atomic mass is 16.7. The van der Waals surface area contributed by atoms with Crippen LogP contribution >= 0.6 is 0 Å². The minimum Gasteiger partial charge on any atom is -0.394 e. The molecule has 394 valence electrons. The molecule has 6 N–H and O–H groups in total. The van der Waals surface area contributed by atoms with Gasteiger partial charge in [0, 0.05) is 6.42 Å². The van der Waals surface area contributed by atoms with Crippen molar-refractivity contribution in [1.29, 1.82) is 0 Å². The Morgan fingerprint density at radius 2 is 0.926 bits per heavy atom. The molecule has 0 aliphatic carbocycles. The maximum Gasteiger partial charge on any atom is 0.220 e. The van der Waals surface area contributed by atoms with E-state index >= 15 is 0 Å². The van der Waals surface area contributed by atoms with E-state index in [-0.39, 0.29) is 12.5 Å². The normalized spacial score (nSPS) is 20.1. The zero-order valence-electron chi connectivity index (χ0n) is 43.6. The molecule has 7 atom stereocenters. The molecule has 1 saturated heterocycles. The topological polar surface area (TPSA) is 149 Å². The molecule has 9 nitrogen and oxygen atoms in total. The number of aliphatic hydroxyl groups excluding tert-OH is 5. The van der Waals surface area contributed by atoms with E-state index in [2.05, 4.69) is 79.9 Å². The molecule has 1 aliphatic heterocycles. The lowest BCUT2D eigenvalue weighted by Gasteiger charge is -2.40. The molecule has 1 heterocycles. The predicted molar refractivity (Wildman–Crippen MR) is 285 cm³/mol. The van der Waals surface area contributed by atoms with Crippen molar-refractivity contribution in [1.82, 2.24) is 5.32 Å². The first-order valence-electron chi connectivity index (χ1n) is 28.2. The smallest absolute Gasteiger partial charge is 0.220 e. The van der Waals surface area contributed by atoms with E-state index in [0.29, 0.717) is 6.42 Å². The number of carbonyl (C=O) groups is 1. The molecule has 68 heavy (non-hydrogen) atoms. The average molecular weight is 956 g/mol. The lowest BCUT2D eigenvalue weighted by molar-refractivity contribution is -0.302. The number of carbonyl (C=O) groups excluding carboxylic acids is 1. The first-order valence-corrected chi connectivity index (χ1v) is 28.2. The summed E-state index contributed by atoms with van der Waals surface area (Å²) in [5.74, 6) is -0.196.